The molecule has 1 aromatic rings. The van der Waals surface area contributed by atoms with Gasteiger partial charge in [0.05, 0.1) is 12.0 Å². The van der Waals surface area contributed by atoms with Gasteiger partial charge in [-0.3, -0.25) is 14.5 Å². The lowest BCUT2D eigenvalue weighted by molar-refractivity contribution is -0.122. The minimum Gasteiger partial charge on any atom is -0.497 e. The summed E-state index contributed by atoms with van der Waals surface area (Å²) < 4.78 is 5.11. The van der Waals surface area contributed by atoms with Crippen LogP contribution in [-0.4, -0.2) is 36.2 Å². The Balaban J connectivity index is 0.00000200. The van der Waals surface area contributed by atoms with Gasteiger partial charge in [-0.15, -0.1) is 12.4 Å². The van der Waals surface area contributed by atoms with Crippen LogP contribution < -0.4 is 10.5 Å². The molecule has 0 radical (unpaired) electrons. The number of carbonyl (C=O) groups is 2. The molecule has 1 aliphatic heterocycles. The van der Waals surface area contributed by atoms with Gasteiger partial charge >= 0.3 is 0 Å². The molecule has 5 nitrogen and oxygen atoms in total. The number of rotatable bonds is 4. The van der Waals surface area contributed by atoms with Crippen LogP contribution in [0.5, 0.6) is 5.75 Å². The Morgan fingerprint density at radius 1 is 1.40 bits per heavy atom. The molecule has 0 unspecified atom stereocenters. The Labute approximate surface area is 127 Å². The molecule has 1 heterocycles. The molecular formula is C13H15ClN2O3S. The van der Waals surface area contributed by atoms with Gasteiger partial charge in [-0.05, 0) is 35.5 Å². The van der Waals surface area contributed by atoms with Crippen LogP contribution in [0.15, 0.2) is 29.2 Å². The zero-order valence-electron chi connectivity index (χ0n) is 10.9. The molecular weight excluding hydrogens is 300 g/mol. The molecule has 20 heavy (non-hydrogen) atoms. The molecule has 0 bridgehead atoms. The van der Waals surface area contributed by atoms with E-state index >= 15 is 0 Å². The van der Waals surface area contributed by atoms with Crippen molar-refractivity contribution in [1.29, 1.82) is 0 Å². The van der Waals surface area contributed by atoms with E-state index in [0.29, 0.717) is 10.7 Å². The first-order valence-corrected chi connectivity index (χ1v) is 6.57. The summed E-state index contributed by atoms with van der Waals surface area (Å²) >= 11 is 0.932. The number of hydrogen-bond donors (Lipinski definition) is 1. The van der Waals surface area contributed by atoms with E-state index in [9.17, 15) is 9.59 Å². The van der Waals surface area contributed by atoms with Crippen molar-refractivity contribution in [3.8, 4) is 5.75 Å². The molecule has 2 amide bonds. The largest absolute Gasteiger partial charge is 0.497 e. The molecule has 2 N–H and O–H groups in total. The Hall–Kier alpha value is -1.50. The molecule has 0 saturated carbocycles. The third kappa shape index (κ3) is 3.53. The van der Waals surface area contributed by atoms with Gasteiger partial charge in [0.1, 0.15) is 5.75 Å². The summed E-state index contributed by atoms with van der Waals surface area (Å²) in [6, 6.07) is 7.29. The maximum Gasteiger partial charge on any atom is 0.293 e. The monoisotopic (exact) mass is 314 g/mol. The van der Waals surface area contributed by atoms with Gasteiger partial charge < -0.3 is 10.5 Å². The topological polar surface area (TPSA) is 72.6 Å². The van der Waals surface area contributed by atoms with E-state index in [1.54, 1.807) is 19.3 Å². The summed E-state index contributed by atoms with van der Waals surface area (Å²) in [5.74, 6) is 0.415. The highest BCUT2D eigenvalue weighted by Gasteiger charge is 2.34. The number of methoxy groups -OCH3 is 1. The SMILES string of the molecule is COc1cccc(/C=C2/SC(=O)N(CCN)C2=O)c1.Cl. The number of imide groups is 1. The Bertz CT molecular complexity index is 548. The van der Waals surface area contributed by atoms with Gasteiger partial charge in [0.15, 0.2) is 0 Å². The Morgan fingerprint density at radius 2 is 2.15 bits per heavy atom. The quantitative estimate of drug-likeness (QED) is 0.862. The number of nitrogens with zero attached hydrogens (tertiary/aromatic N) is 1. The minimum absolute atomic E-state index is 0. The van der Waals surface area contributed by atoms with E-state index in [0.717, 1.165) is 22.2 Å². The van der Waals surface area contributed by atoms with Crippen LogP contribution in [0.4, 0.5) is 4.79 Å². The zero-order valence-corrected chi connectivity index (χ0v) is 12.5. The molecule has 1 aromatic carbocycles. The number of carbonyl (C=O) groups excluding carboxylic acids is 2. The molecule has 0 atom stereocenters. The smallest absolute Gasteiger partial charge is 0.293 e. The number of amides is 2. The number of benzene rings is 1. The van der Waals surface area contributed by atoms with Crippen LogP contribution in [-0.2, 0) is 4.79 Å². The molecule has 7 heteroatoms. The molecule has 0 aromatic heterocycles. The highest BCUT2D eigenvalue weighted by molar-refractivity contribution is 8.18. The lowest BCUT2D eigenvalue weighted by atomic mass is 10.2. The molecule has 108 valence electrons. The predicted molar refractivity (Wildman–Crippen MR) is 82.0 cm³/mol. The molecule has 0 spiro atoms. The van der Waals surface area contributed by atoms with Crippen LogP contribution >= 0.6 is 24.2 Å². The Morgan fingerprint density at radius 3 is 2.80 bits per heavy atom. The van der Waals surface area contributed by atoms with Gasteiger partial charge in [-0.1, -0.05) is 12.1 Å². The van der Waals surface area contributed by atoms with E-state index in [1.165, 1.54) is 0 Å². The summed E-state index contributed by atoms with van der Waals surface area (Å²) in [6.07, 6.45) is 1.68. The average molecular weight is 315 g/mol. The summed E-state index contributed by atoms with van der Waals surface area (Å²) in [6.45, 7) is 0.518. The van der Waals surface area contributed by atoms with E-state index in [-0.39, 0.29) is 36.6 Å². The van der Waals surface area contributed by atoms with Crippen molar-refractivity contribution in [2.45, 2.75) is 0 Å². The predicted octanol–water partition coefficient (Wildman–Crippen LogP) is 2.11. The lowest BCUT2D eigenvalue weighted by Gasteiger charge is -2.09. The fourth-order valence-electron chi connectivity index (χ4n) is 1.70. The Kier molecular flexibility index (Phi) is 6.06. The van der Waals surface area contributed by atoms with Gasteiger partial charge in [-0.2, -0.15) is 0 Å². The summed E-state index contributed by atoms with van der Waals surface area (Å²) in [4.78, 5) is 25.2. The molecule has 1 saturated heterocycles. The van der Waals surface area contributed by atoms with Crippen LogP contribution in [0.3, 0.4) is 0 Å². The van der Waals surface area contributed by atoms with Crippen LogP contribution in [0.25, 0.3) is 6.08 Å². The standard InChI is InChI=1S/C13H14N2O3S.ClH/c1-18-10-4-2-3-9(7-10)8-11-12(16)15(6-5-14)13(17)19-11;/h2-4,7-8H,5-6,14H2,1H3;1H/b11-8+;. The lowest BCUT2D eigenvalue weighted by Crippen LogP contribution is -2.33. The summed E-state index contributed by atoms with van der Waals surface area (Å²) in [7, 11) is 1.58. The third-order valence-corrected chi connectivity index (χ3v) is 3.53. The van der Waals surface area contributed by atoms with E-state index < -0.39 is 0 Å². The van der Waals surface area contributed by atoms with Crippen LogP contribution in [0.1, 0.15) is 5.56 Å². The summed E-state index contributed by atoms with van der Waals surface area (Å²) in [5, 5.41) is -0.274. The number of hydrogen-bond acceptors (Lipinski definition) is 5. The number of halogens is 1. The normalized spacial score (nSPS) is 16.5. The second-order valence-corrected chi connectivity index (χ2v) is 4.89. The third-order valence-electron chi connectivity index (χ3n) is 2.62. The van der Waals surface area contributed by atoms with Crippen LogP contribution in [0.2, 0.25) is 0 Å². The highest BCUT2D eigenvalue weighted by Crippen LogP contribution is 2.32. The molecule has 2 rings (SSSR count). The van der Waals surface area contributed by atoms with Gasteiger partial charge in [0, 0.05) is 13.1 Å². The fraction of sp³-hybridized carbons (Fsp3) is 0.231. The van der Waals surface area contributed by atoms with Crippen molar-refractivity contribution in [2.24, 2.45) is 5.73 Å². The van der Waals surface area contributed by atoms with E-state index in [1.807, 2.05) is 18.2 Å². The van der Waals surface area contributed by atoms with Crippen molar-refractivity contribution < 1.29 is 14.3 Å². The maximum absolute atomic E-state index is 12.0. The minimum atomic E-state index is -0.289. The highest BCUT2D eigenvalue weighted by atomic mass is 35.5. The number of nitrogens with two attached hydrogens (primary N) is 1. The van der Waals surface area contributed by atoms with Gasteiger partial charge in [0.2, 0.25) is 0 Å². The average Bonchev–Trinajstić information content (AvgIpc) is 2.67. The second-order valence-electron chi connectivity index (χ2n) is 3.90. The first kappa shape index (κ1) is 16.6. The van der Waals surface area contributed by atoms with Gasteiger partial charge in [-0.25, -0.2) is 0 Å². The fourth-order valence-corrected chi connectivity index (χ4v) is 2.57. The zero-order chi connectivity index (χ0) is 13.8. The first-order chi connectivity index (χ1) is 9.15. The van der Waals surface area contributed by atoms with E-state index in [2.05, 4.69) is 0 Å². The number of thioether (sulfide) groups is 1. The van der Waals surface area contributed by atoms with Crippen molar-refractivity contribution in [3.05, 3.63) is 34.7 Å². The van der Waals surface area contributed by atoms with Crippen molar-refractivity contribution in [2.75, 3.05) is 20.2 Å². The maximum atomic E-state index is 12.0. The molecule has 0 aliphatic carbocycles. The molecule has 1 fully saturated rings. The molecule has 1 aliphatic rings. The van der Waals surface area contributed by atoms with Gasteiger partial charge in [0.25, 0.3) is 11.1 Å². The summed E-state index contributed by atoms with van der Waals surface area (Å²) in [5.41, 5.74) is 6.19. The van der Waals surface area contributed by atoms with Crippen LogP contribution in [0, 0.1) is 0 Å². The van der Waals surface area contributed by atoms with Crippen molar-refractivity contribution in [1.82, 2.24) is 4.90 Å². The van der Waals surface area contributed by atoms with E-state index in [4.69, 9.17) is 10.5 Å². The van der Waals surface area contributed by atoms with Crippen molar-refractivity contribution in [3.63, 3.8) is 0 Å². The number of ether oxygens (including phenoxy) is 1. The second kappa shape index (κ2) is 7.33. The van der Waals surface area contributed by atoms with Crippen molar-refractivity contribution >= 4 is 41.4 Å². The first-order valence-electron chi connectivity index (χ1n) is 5.75.